The highest BCUT2D eigenvalue weighted by Crippen LogP contribution is 2.58. The number of aryl methyl sites for hydroxylation is 1. The largest absolute Gasteiger partial charge is 0.380 e. The Balaban J connectivity index is 1.72. The first-order valence-corrected chi connectivity index (χ1v) is 7.68. The quantitative estimate of drug-likeness (QED) is 0.882. The van der Waals surface area contributed by atoms with Crippen molar-refractivity contribution in [3.63, 3.8) is 0 Å². The number of hydrogen-bond donors (Lipinski definition) is 1. The molecule has 2 atom stereocenters. The number of nitrogens with one attached hydrogen (secondary N) is 1. The lowest BCUT2D eigenvalue weighted by molar-refractivity contribution is -0.157. The van der Waals surface area contributed by atoms with Gasteiger partial charge < -0.3 is 10.1 Å². The normalized spacial score (nSPS) is 27.7. The van der Waals surface area contributed by atoms with E-state index in [2.05, 4.69) is 31.3 Å². The number of benzene rings is 1. The van der Waals surface area contributed by atoms with E-state index < -0.39 is 0 Å². The van der Waals surface area contributed by atoms with E-state index in [4.69, 9.17) is 16.3 Å². The molecule has 2 aliphatic rings. The molecule has 1 aromatic rings. The molecule has 1 aromatic carbocycles. The van der Waals surface area contributed by atoms with Gasteiger partial charge in [0.25, 0.3) is 0 Å². The van der Waals surface area contributed by atoms with Gasteiger partial charge in [-0.15, -0.1) is 0 Å². The highest BCUT2D eigenvalue weighted by molar-refractivity contribution is 6.33. The fourth-order valence-electron chi connectivity index (χ4n) is 3.58. The zero-order valence-electron chi connectivity index (χ0n) is 11.7. The van der Waals surface area contributed by atoms with Crippen molar-refractivity contribution in [2.75, 3.05) is 11.9 Å². The first-order valence-electron chi connectivity index (χ1n) is 7.30. The summed E-state index contributed by atoms with van der Waals surface area (Å²) in [6.45, 7) is 5.01. The van der Waals surface area contributed by atoms with Crippen LogP contribution >= 0.6 is 11.6 Å². The Morgan fingerprint density at radius 3 is 2.84 bits per heavy atom. The second kappa shape index (κ2) is 4.99. The highest BCUT2D eigenvalue weighted by atomic mass is 35.5. The summed E-state index contributed by atoms with van der Waals surface area (Å²) in [6, 6.07) is 6.70. The molecule has 2 unspecified atom stereocenters. The first-order chi connectivity index (χ1) is 9.15. The van der Waals surface area contributed by atoms with Crippen LogP contribution in [0.3, 0.4) is 0 Å². The second-order valence-corrected chi connectivity index (χ2v) is 6.35. The van der Waals surface area contributed by atoms with Gasteiger partial charge in [0, 0.05) is 18.1 Å². The van der Waals surface area contributed by atoms with Gasteiger partial charge in [0.05, 0.1) is 16.8 Å². The molecule has 0 heterocycles. The van der Waals surface area contributed by atoms with Crippen molar-refractivity contribution in [3.8, 4) is 0 Å². The van der Waals surface area contributed by atoms with Gasteiger partial charge in [-0.1, -0.05) is 24.1 Å². The molecule has 0 aliphatic heterocycles. The minimum Gasteiger partial charge on any atom is -0.380 e. The summed E-state index contributed by atoms with van der Waals surface area (Å²) >= 11 is 6.28. The smallest absolute Gasteiger partial charge is 0.0670 e. The van der Waals surface area contributed by atoms with Gasteiger partial charge in [-0.2, -0.15) is 0 Å². The maximum Gasteiger partial charge on any atom is 0.0670 e. The predicted octanol–water partition coefficient (Wildman–Crippen LogP) is 4.41. The Morgan fingerprint density at radius 2 is 2.21 bits per heavy atom. The van der Waals surface area contributed by atoms with E-state index in [1.807, 2.05) is 6.07 Å². The Hall–Kier alpha value is -0.730. The first kappa shape index (κ1) is 13.3. The van der Waals surface area contributed by atoms with Crippen molar-refractivity contribution >= 4 is 17.3 Å². The summed E-state index contributed by atoms with van der Waals surface area (Å²) in [7, 11) is 0. The molecule has 2 fully saturated rings. The van der Waals surface area contributed by atoms with Crippen LogP contribution in [0, 0.1) is 12.3 Å². The van der Waals surface area contributed by atoms with Crippen LogP contribution in [0.25, 0.3) is 0 Å². The van der Waals surface area contributed by atoms with Crippen molar-refractivity contribution in [1.29, 1.82) is 0 Å². The molecular weight excluding hydrogens is 258 g/mol. The molecule has 0 amide bonds. The van der Waals surface area contributed by atoms with Gasteiger partial charge in [0.2, 0.25) is 0 Å². The minimum absolute atomic E-state index is 0.378. The maximum absolute atomic E-state index is 6.28. The number of hydrogen-bond acceptors (Lipinski definition) is 2. The molecule has 2 aliphatic carbocycles. The number of rotatable bonds is 4. The molecular formula is C16H22ClNO. The molecule has 0 saturated heterocycles. The van der Waals surface area contributed by atoms with Gasteiger partial charge in [0.15, 0.2) is 0 Å². The van der Waals surface area contributed by atoms with E-state index in [-0.39, 0.29) is 0 Å². The zero-order chi connectivity index (χ0) is 13.5. The van der Waals surface area contributed by atoms with Crippen LogP contribution in [0.2, 0.25) is 5.02 Å². The highest BCUT2D eigenvalue weighted by Gasteiger charge is 2.58. The lowest BCUT2D eigenvalue weighted by Gasteiger charge is -2.61. The monoisotopic (exact) mass is 279 g/mol. The molecule has 2 nitrogen and oxygen atoms in total. The fourth-order valence-corrected chi connectivity index (χ4v) is 3.75. The average molecular weight is 280 g/mol. The van der Waals surface area contributed by atoms with E-state index in [1.165, 1.54) is 24.8 Å². The van der Waals surface area contributed by atoms with Crippen molar-refractivity contribution in [2.45, 2.75) is 51.7 Å². The molecule has 104 valence electrons. The summed E-state index contributed by atoms with van der Waals surface area (Å²) in [5.74, 6) is 0. The fraction of sp³-hybridized carbons (Fsp3) is 0.625. The van der Waals surface area contributed by atoms with Crippen LogP contribution in [-0.2, 0) is 4.74 Å². The molecule has 2 saturated carbocycles. The number of anilines is 1. The molecule has 19 heavy (non-hydrogen) atoms. The molecule has 1 spiro atoms. The standard InChI is InChI=1S/C16H22ClNO/c1-3-19-15-10-14(16(15)7-4-8-16)18-13-9-11(2)5-6-12(13)17/h5-6,9,14-15,18H,3-4,7-8,10H2,1-2H3. The lowest BCUT2D eigenvalue weighted by Crippen LogP contribution is -2.64. The van der Waals surface area contributed by atoms with E-state index >= 15 is 0 Å². The van der Waals surface area contributed by atoms with Crippen LogP contribution in [0.4, 0.5) is 5.69 Å². The van der Waals surface area contributed by atoms with Crippen LogP contribution in [0.15, 0.2) is 18.2 Å². The van der Waals surface area contributed by atoms with Crippen molar-refractivity contribution in [3.05, 3.63) is 28.8 Å². The van der Waals surface area contributed by atoms with Gasteiger partial charge in [-0.25, -0.2) is 0 Å². The molecule has 0 aromatic heterocycles. The maximum atomic E-state index is 6.28. The zero-order valence-corrected chi connectivity index (χ0v) is 12.5. The molecule has 3 rings (SSSR count). The van der Waals surface area contributed by atoms with Crippen LogP contribution in [0.1, 0.15) is 38.2 Å². The minimum atomic E-state index is 0.378. The Bertz CT molecular complexity index is 470. The Morgan fingerprint density at radius 1 is 1.42 bits per heavy atom. The van der Waals surface area contributed by atoms with E-state index in [0.29, 0.717) is 17.6 Å². The van der Waals surface area contributed by atoms with E-state index in [1.54, 1.807) is 0 Å². The van der Waals surface area contributed by atoms with Gasteiger partial charge in [-0.05, 0) is 50.8 Å². The summed E-state index contributed by atoms with van der Waals surface area (Å²) in [4.78, 5) is 0. The van der Waals surface area contributed by atoms with Crippen LogP contribution < -0.4 is 5.32 Å². The summed E-state index contributed by atoms with van der Waals surface area (Å²) < 4.78 is 5.88. The van der Waals surface area contributed by atoms with Gasteiger partial charge in [-0.3, -0.25) is 0 Å². The molecule has 0 radical (unpaired) electrons. The summed E-state index contributed by atoms with van der Waals surface area (Å²) in [5.41, 5.74) is 2.70. The molecule has 1 N–H and O–H groups in total. The van der Waals surface area contributed by atoms with Crippen LogP contribution in [-0.4, -0.2) is 18.8 Å². The van der Waals surface area contributed by atoms with E-state index in [9.17, 15) is 0 Å². The van der Waals surface area contributed by atoms with Crippen LogP contribution in [0.5, 0.6) is 0 Å². The third-order valence-corrected chi connectivity index (χ3v) is 5.22. The topological polar surface area (TPSA) is 21.3 Å². The second-order valence-electron chi connectivity index (χ2n) is 5.95. The SMILES string of the molecule is CCOC1CC(Nc2cc(C)ccc2Cl)C12CCC2. The lowest BCUT2D eigenvalue weighted by atomic mass is 9.51. The van der Waals surface area contributed by atoms with Crippen molar-refractivity contribution in [2.24, 2.45) is 5.41 Å². The van der Waals surface area contributed by atoms with Gasteiger partial charge in [0.1, 0.15) is 0 Å². The Labute approximate surface area is 120 Å². The van der Waals surface area contributed by atoms with E-state index in [0.717, 1.165) is 23.7 Å². The van der Waals surface area contributed by atoms with Crippen molar-refractivity contribution < 1.29 is 4.74 Å². The predicted molar refractivity (Wildman–Crippen MR) is 79.9 cm³/mol. The molecule has 0 bridgehead atoms. The number of ether oxygens (including phenoxy) is 1. The Kier molecular flexibility index (Phi) is 3.48. The third-order valence-electron chi connectivity index (χ3n) is 4.89. The van der Waals surface area contributed by atoms with Gasteiger partial charge >= 0.3 is 0 Å². The molecule has 3 heteroatoms. The van der Waals surface area contributed by atoms with Crippen molar-refractivity contribution in [1.82, 2.24) is 0 Å². The summed E-state index contributed by atoms with van der Waals surface area (Å²) in [6.07, 6.45) is 5.48. The number of halogens is 1. The average Bonchev–Trinajstić information content (AvgIpc) is 2.30. The summed E-state index contributed by atoms with van der Waals surface area (Å²) in [5, 5.41) is 4.48. The third kappa shape index (κ3) is 2.15.